The Morgan fingerprint density at radius 2 is 1.00 bits per heavy atom. The lowest BCUT2D eigenvalue weighted by Crippen LogP contribution is -2.07. The van der Waals surface area contributed by atoms with Crippen molar-refractivity contribution < 1.29 is 4.42 Å². The van der Waals surface area contributed by atoms with Gasteiger partial charge in [0.2, 0.25) is 0 Å². The normalized spacial score (nSPS) is 12.6. The van der Waals surface area contributed by atoms with Crippen LogP contribution in [0, 0.1) is 0 Å². The van der Waals surface area contributed by atoms with Crippen molar-refractivity contribution in [2.45, 2.75) is 6.67 Å². The summed E-state index contributed by atoms with van der Waals surface area (Å²) in [6, 6.07) is 56.6. The molecule has 52 heavy (non-hydrogen) atoms. The number of benzene rings is 7. The molecule has 0 N–H and O–H groups in total. The quantitative estimate of drug-likeness (QED) is 0.133. The zero-order valence-corrected chi connectivity index (χ0v) is 28.1. The lowest BCUT2D eigenvalue weighted by atomic mass is 10.1. The van der Waals surface area contributed by atoms with Gasteiger partial charge in [-0.3, -0.25) is 0 Å². The molecule has 0 aliphatic rings. The minimum absolute atomic E-state index is 0.369. The molecule has 3 heterocycles. The number of aliphatic imine (C=N–C) groups is 3. The first-order valence-corrected chi connectivity index (χ1v) is 17.3. The van der Waals surface area contributed by atoms with Gasteiger partial charge in [-0.1, -0.05) is 103 Å². The molecule has 246 valence electrons. The Morgan fingerprint density at radius 3 is 1.62 bits per heavy atom. The minimum atomic E-state index is 0.369. The third kappa shape index (κ3) is 4.76. The number of furan rings is 1. The molecule has 0 atom stereocenters. The van der Waals surface area contributed by atoms with Crippen LogP contribution >= 0.6 is 0 Å². The van der Waals surface area contributed by atoms with Crippen LogP contribution in [0.3, 0.4) is 0 Å². The van der Waals surface area contributed by atoms with E-state index in [4.69, 9.17) is 14.4 Å². The number of fused-ring (bicyclic) bond motifs is 9. The van der Waals surface area contributed by atoms with E-state index < -0.39 is 0 Å². The van der Waals surface area contributed by atoms with Gasteiger partial charge < -0.3 is 13.6 Å². The first kappa shape index (κ1) is 29.8. The molecule has 0 aliphatic carbocycles. The molecule has 0 fully saturated rings. The van der Waals surface area contributed by atoms with Crippen molar-refractivity contribution in [2.75, 3.05) is 0 Å². The molecule has 6 nitrogen and oxygen atoms in total. The highest BCUT2D eigenvalue weighted by molar-refractivity contribution is 6.16. The molecule has 0 saturated heterocycles. The monoisotopic (exact) mass is 669 g/mol. The second-order valence-electron chi connectivity index (χ2n) is 12.9. The van der Waals surface area contributed by atoms with Crippen LogP contribution in [0.25, 0.3) is 71.2 Å². The first-order chi connectivity index (χ1) is 25.7. The van der Waals surface area contributed by atoms with Crippen LogP contribution in [0.15, 0.2) is 183 Å². The van der Waals surface area contributed by atoms with Crippen molar-refractivity contribution in [1.29, 1.82) is 0 Å². The molecular formula is C46H31N5O. The van der Waals surface area contributed by atoms with E-state index in [0.29, 0.717) is 18.3 Å². The maximum absolute atomic E-state index is 6.40. The summed E-state index contributed by atoms with van der Waals surface area (Å²) in [7, 11) is 0. The van der Waals surface area contributed by atoms with Gasteiger partial charge in [0, 0.05) is 49.1 Å². The number of hydrogen-bond donors (Lipinski definition) is 0. The highest BCUT2D eigenvalue weighted by atomic mass is 16.3. The van der Waals surface area contributed by atoms with Gasteiger partial charge >= 0.3 is 0 Å². The van der Waals surface area contributed by atoms with Gasteiger partial charge in [-0.2, -0.15) is 0 Å². The largest absolute Gasteiger partial charge is 0.456 e. The molecule has 0 amide bonds. The van der Waals surface area contributed by atoms with Gasteiger partial charge in [-0.15, -0.1) is 0 Å². The van der Waals surface area contributed by atoms with Crippen molar-refractivity contribution in [1.82, 2.24) is 9.13 Å². The molecule has 0 radical (unpaired) electrons. The number of aromatic nitrogens is 2. The van der Waals surface area contributed by atoms with E-state index in [9.17, 15) is 0 Å². The number of amidine groups is 2. The van der Waals surface area contributed by atoms with Crippen LogP contribution in [0.4, 0.5) is 0 Å². The second-order valence-corrected chi connectivity index (χ2v) is 12.9. The van der Waals surface area contributed by atoms with E-state index in [1.165, 1.54) is 21.5 Å². The molecule has 0 spiro atoms. The maximum atomic E-state index is 6.40. The van der Waals surface area contributed by atoms with E-state index in [0.717, 1.165) is 60.8 Å². The predicted molar refractivity (Wildman–Crippen MR) is 217 cm³/mol. The van der Waals surface area contributed by atoms with E-state index in [-0.39, 0.29) is 0 Å². The zero-order chi connectivity index (χ0) is 34.6. The van der Waals surface area contributed by atoms with Crippen molar-refractivity contribution in [2.24, 2.45) is 15.0 Å². The van der Waals surface area contributed by atoms with Crippen LogP contribution in [0.1, 0.15) is 11.1 Å². The summed E-state index contributed by atoms with van der Waals surface area (Å²) in [6.07, 6.45) is 0. The highest BCUT2D eigenvalue weighted by Crippen LogP contribution is 2.36. The standard InChI is InChI=1S/C46H31N5O/c1-47-45(30-13-3-2-4-14-30)49-46(48-29-50-39-19-9-5-15-33(39)34-16-6-10-20-40(34)50)31-23-25-43-37(27-31)38-28-32(24-26-44(38)52-43)51-41-21-11-7-17-35(41)36-18-8-12-22-42(36)51/h2-28H,1,29H2/b48-46-,49-45-. The second kappa shape index (κ2) is 12.1. The summed E-state index contributed by atoms with van der Waals surface area (Å²) in [6.45, 7) is 4.25. The van der Waals surface area contributed by atoms with Crippen molar-refractivity contribution in [3.63, 3.8) is 0 Å². The summed E-state index contributed by atoms with van der Waals surface area (Å²) >= 11 is 0. The Kier molecular flexibility index (Phi) is 6.93. The van der Waals surface area contributed by atoms with Crippen molar-refractivity contribution in [3.05, 3.63) is 175 Å². The number of rotatable bonds is 5. The Hall–Kier alpha value is -7.05. The summed E-state index contributed by atoms with van der Waals surface area (Å²) in [5, 5.41) is 6.85. The summed E-state index contributed by atoms with van der Waals surface area (Å²) < 4.78 is 11.0. The summed E-state index contributed by atoms with van der Waals surface area (Å²) in [4.78, 5) is 14.7. The fourth-order valence-electron chi connectivity index (χ4n) is 7.61. The van der Waals surface area contributed by atoms with Gasteiger partial charge in [0.1, 0.15) is 17.8 Å². The summed E-state index contributed by atoms with van der Waals surface area (Å²) in [5.41, 5.74) is 8.98. The lowest BCUT2D eigenvalue weighted by Gasteiger charge is -2.09. The van der Waals surface area contributed by atoms with Crippen LogP contribution in [0.2, 0.25) is 0 Å². The Labute approximate surface area is 298 Å². The molecule has 3 aromatic heterocycles. The zero-order valence-electron chi connectivity index (χ0n) is 28.1. The predicted octanol–water partition coefficient (Wildman–Crippen LogP) is 11.3. The Bertz CT molecular complexity index is 2960. The highest BCUT2D eigenvalue weighted by Gasteiger charge is 2.16. The van der Waals surface area contributed by atoms with E-state index >= 15 is 0 Å². The third-order valence-electron chi connectivity index (χ3n) is 9.98. The number of para-hydroxylation sites is 4. The molecule has 0 saturated carbocycles. The van der Waals surface area contributed by atoms with Crippen LogP contribution in [-0.2, 0) is 6.67 Å². The molecule has 0 unspecified atom stereocenters. The van der Waals surface area contributed by atoms with Crippen molar-refractivity contribution in [3.8, 4) is 5.69 Å². The fraction of sp³-hybridized carbons (Fsp3) is 0.0217. The lowest BCUT2D eigenvalue weighted by molar-refractivity contribution is 0.669. The third-order valence-corrected chi connectivity index (χ3v) is 9.98. The van der Waals surface area contributed by atoms with Crippen LogP contribution in [0.5, 0.6) is 0 Å². The van der Waals surface area contributed by atoms with Gasteiger partial charge in [0.25, 0.3) is 0 Å². The maximum Gasteiger partial charge on any atom is 0.161 e. The molecule has 0 bridgehead atoms. The van der Waals surface area contributed by atoms with Crippen LogP contribution < -0.4 is 0 Å². The first-order valence-electron chi connectivity index (χ1n) is 17.3. The molecule has 0 aliphatic heterocycles. The van der Waals surface area contributed by atoms with Crippen LogP contribution in [-0.4, -0.2) is 27.5 Å². The molecule has 10 aromatic rings. The Balaban J connectivity index is 1.16. The minimum Gasteiger partial charge on any atom is -0.456 e. The van der Waals surface area contributed by atoms with E-state index in [2.05, 4.69) is 142 Å². The summed E-state index contributed by atoms with van der Waals surface area (Å²) in [5.74, 6) is 1.07. The van der Waals surface area contributed by atoms with Gasteiger partial charge in [-0.05, 0) is 67.4 Å². The van der Waals surface area contributed by atoms with E-state index in [1.807, 2.05) is 42.5 Å². The average molecular weight is 670 g/mol. The fourth-order valence-corrected chi connectivity index (χ4v) is 7.61. The SMILES string of the molecule is C=N/C(=N\C(=N/Cn1c2ccccc2c2ccccc21)c1ccc2oc3ccc(-n4c5ccccc5c5ccccc54)cc3c2c1)c1ccccc1. The average Bonchev–Trinajstić information content (AvgIpc) is 3.85. The van der Waals surface area contributed by atoms with Crippen molar-refractivity contribution >= 4 is 83.9 Å². The Morgan fingerprint density at radius 1 is 0.481 bits per heavy atom. The molecule has 10 rings (SSSR count). The number of hydrogen-bond acceptors (Lipinski definition) is 2. The topological polar surface area (TPSA) is 60.1 Å². The van der Waals surface area contributed by atoms with Gasteiger partial charge in [0.05, 0.1) is 22.1 Å². The number of nitrogens with zero attached hydrogens (tertiary/aromatic N) is 5. The van der Waals surface area contributed by atoms with Gasteiger partial charge in [-0.25, -0.2) is 15.0 Å². The molecular weight excluding hydrogens is 639 g/mol. The molecule has 7 aromatic carbocycles. The molecule has 6 heteroatoms. The smallest absolute Gasteiger partial charge is 0.161 e. The van der Waals surface area contributed by atoms with Gasteiger partial charge in [0.15, 0.2) is 11.7 Å². The van der Waals surface area contributed by atoms with E-state index in [1.54, 1.807) is 0 Å².